The summed E-state index contributed by atoms with van der Waals surface area (Å²) in [5.74, 6) is -1.62. The Hall–Kier alpha value is -2.57. The van der Waals surface area contributed by atoms with Gasteiger partial charge >= 0.3 is 5.97 Å². The summed E-state index contributed by atoms with van der Waals surface area (Å²) in [5.41, 5.74) is 0.375. The number of carboxylic acids is 1. The van der Waals surface area contributed by atoms with Gasteiger partial charge in [-0.3, -0.25) is 4.79 Å². The molecule has 2 aromatic rings. The van der Waals surface area contributed by atoms with Crippen molar-refractivity contribution in [1.29, 1.82) is 0 Å². The molecule has 0 radical (unpaired) electrons. The maximum Gasteiger partial charge on any atom is 0.371 e. The van der Waals surface area contributed by atoms with Gasteiger partial charge in [-0.05, 0) is 12.1 Å². The number of nitrogens with one attached hydrogen (secondary N) is 3. The largest absolute Gasteiger partial charge is 0.475 e. The Kier molecular flexibility index (Phi) is 2.42. The van der Waals surface area contributed by atoms with Crippen molar-refractivity contribution in [2.75, 3.05) is 5.32 Å². The Morgan fingerprint density at radius 2 is 2.19 bits per heavy atom. The number of carboxylic acid groups (broad SMARTS) is 1. The number of amides is 1. The van der Waals surface area contributed by atoms with Crippen LogP contribution >= 0.6 is 0 Å². The van der Waals surface area contributed by atoms with Crippen molar-refractivity contribution in [3.63, 3.8) is 0 Å². The molecule has 1 amide bonds. The topological polar surface area (TPSA) is 111 Å². The zero-order valence-electron chi connectivity index (χ0n) is 8.02. The van der Waals surface area contributed by atoms with Gasteiger partial charge in [0, 0.05) is 12.4 Å². The number of aromatic nitrogens is 3. The molecule has 7 heteroatoms. The lowest BCUT2D eigenvalue weighted by atomic mass is 10.4. The molecule has 0 bridgehead atoms. The highest BCUT2D eigenvalue weighted by Crippen LogP contribution is 2.05. The smallest absolute Gasteiger partial charge is 0.371 e. The lowest BCUT2D eigenvalue weighted by molar-refractivity contribution is 0.0684. The summed E-state index contributed by atoms with van der Waals surface area (Å²) in [6.07, 6.45) is 2.92. The van der Waals surface area contributed by atoms with Crippen LogP contribution in [0.3, 0.4) is 0 Å². The molecule has 4 N–H and O–H groups in total. The molecule has 0 unspecified atom stereocenters. The molecule has 0 saturated heterocycles. The van der Waals surface area contributed by atoms with E-state index in [9.17, 15) is 9.59 Å². The molecule has 0 saturated carbocycles. The van der Waals surface area contributed by atoms with Crippen LogP contribution in [0.5, 0.6) is 0 Å². The molecule has 0 aliphatic heterocycles. The van der Waals surface area contributed by atoms with Crippen LogP contribution in [0.1, 0.15) is 21.1 Å². The van der Waals surface area contributed by atoms with Crippen molar-refractivity contribution in [1.82, 2.24) is 15.0 Å². The Balaban J connectivity index is 2.09. The molecule has 0 fully saturated rings. The highest BCUT2D eigenvalue weighted by atomic mass is 16.4. The summed E-state index contributed by atoms with van der Waals surface area (Å²) in [4.78, 5) is 30.8. The molecule has 2 heterocycles. The predicted octanol–water partition coefficient (Wildman–Crippen LogP) is 0.688. The normalized spacial score (nSPS) is 10.0. The van der Waals surface area contributed by atoms with Gasteiger partial charge < -0.3 is 20.4 Å². The van der Waals surface area contributed by atoms with Crippen LogP contribution in [0, 0.1) is 0 Å². The van der Waals surface area contributed by atoms with Gasteiger partial charge in [-0.2, -0.15) is 0 Å². The van der Waals surface area contributed by atoms with E-state index in [0.717, 1.165) is 0 Å². The van der Waals surface area contributed by atoms with Crippen molar-refractivity contribution in [2.24, 2.45) is 0 Å². The number of aromatic carboxylic acids is 1. The lowest BCUT2D eigenvalue weighted by Crippen LogP contribution is -2.12. The number of carbonyl (C=O) groups excluding carboxylic acids is 1. The third kappa shape index (κ3) is 1.92. The van der Waals surface area contributed by atoms with E-state index in [0.29, 0.717) is 5.69 Å². The number of imidazole rings is 1. The van der Waals surface area contributed by atoms with Gasteiger partial charge in [0.25, 0.3) is 5.91 Å². The van der Waals surface area contributed by atoms with Gasteiger partial charge in [0.1, 0.15) is 5.69 Å². The minimum Gasteiger partial charge on any atom is -0.475 e. The van der Waals surface area contributed by atoms with E-state index in [2.05, 4.69) is 20.3 Å². The summed E-state index contributed by atoms with van der Waals surface area (Å²) in [5, 5.41) is 11.0. The summed E-state index contributed by atoms with van der Waals surface area (Å²) in [6, 6.07) is 3.28. The molecular formula is C9H8N4O3. The zero-order chi connectivity index (χ0) is 11.5. The van der Waals surface area contributed by atoms with E-state index in [4.69, 9.17) is 5.11 Å². The molecule has 2 rings (SSSR count). The fourth-order valence-electron chi connectivity index (χ4n) is 1.15. The average Bonchev–Trinajstić information content (AvgIpc) is 2.87. The lowest BCUT2D eigenvalue weighted by Gasteiger charge is -1.97. The molecule has 0 aliphatic carbocycles. The van der Waals surface area contributed by atoms with Crippen LogP contribution in [0.25, 0.3) is 0 Å². The number of nitrogens with zero attached hydrogens (tertiary/aromatic N) is 1. The number of aromatic amines is 2. The number of hydrogen-bond donors (Lipinski definition) is 4. The third-order valence-electron chi connectivity index (χ3n) is 1.86. The molecular weight excluding hydrogens is 212 g/mol. The molecule has 16 heavy (non-hydrogen) atoms. The SMILES string of the molecule is O=C(Nc1c[nH]c(C(=O)O)n1)c1ccc[nH]1. The second-order valence-corrected chi connectivity index (χ2v) is 2.98. The minimum absolute atomic E-state index is 0.164. The number of H-pyrrole nitrogens is 2. The second kappa shape index (κ2) is 3.89. The molecule has 0 spiro atoms. The van der Waals surface area contributed by atoms with Crippen molar-refractivity contribution < 1.29 is 14.7 Å². The van der Waals surface area contributed by atoms with Crippen LogP contribution in [0.15, 0.2) is 24.5 Å². The van der Waals surface area contributed by atoms with Crippen molar-refractivity contribution in [3.8, 4) is 0 Å². The average molecular weight is 220 g/mol. The Morgan fingerprint density at radius 3 is 2.75 bits per heavy atom. The first kappa shape index (κ1) is 9.97. The molecule has 0 atom stereocenters. The molecule has 2 aromatic heterocycles. The summed E-state index contributed by atoms with van der Waals surface area (Å²) in [6.45, 7) is 0. The van der Waals surface area contributed by atoms with Gasteiger partial charge in [-0.1, -0.05) is 0 Å². The highest BCUT2D eigenvalue weighted by molar-refractivity contribution is 6.02. The fraction of sp³-hybridized carbons (Fsp3) is 0. The third-order valence-corrected chi connectivity index (χ3v) is 1.86. The summed E-state index contributed by atoms with van der Waals surface area (Å²) >= 11 is 0. The van der Waals surface area contributed by atoms with E-state index < -0.39 is 5.97 Å². The van der Waals surface area contributed by atoms with Gasteiger partial charge in [-0.25, -0.2) is 9.78 Å². The molecule has 0 aliphatic rings. The van der Waals surface area contributed by atoms with E-state index >= 15 is 0 Å². The van der Waals surface area contributed by atoms with Gasteiger partial charge in [-0.15, -0.1) is 0 Å². The van der Waals surface area contributed by atoms with E-state index in [1.165, 1.54) is 6.20 Å². The standard InChI is InChI=1S/C9H8N4O3/c14-8(5-2-1-3-10-5)13-6-4-11-7(12-6)9(15)16/h1-4,10H,(H,11,12)(H,13,14)(H,15,16). The number of anilines is 1. The van der Waals surface area contributed by atoms with E-state index in [1.807, 2.05) is 0 Å². The van der Waals surface area contributed by atoms with E-state index in [-0.39, 0.29) is 17.5 Å². The maximum absolute atomic E-state index is 11.5. The van der Waals surface area contributed by atoms with Gasteiger partial charge in [0.15, 0.2) is 5.82 Å². The number of rotatable bonds is 3. The number of carbonyl (C=O) groups is 2. The summed E-state index contributed by atoms with van der Waals surface area (Å²) < 4.78 is 0. The fourth-order valence-corrected chi connectivity index (χ4v) is 1.15. The van der Waals surface area contributed by atoms with Crippen molar-refractivity contribution in [3.05, 3.63) is 36.0 Å². The molecule has 0 aromatic carbocycles. The first-order valence-corrected chi connectivity index (χ1v) is 4.40. The minimum atomic E-state index is -1.18. The van der Waals surface area contributed by atoms with Crippen LogP contribution in [-0.2, 0) is 0 Å². The zero-order valence-corrected chi connectivity index (χ0v) is 8.02. The van der Waals surface area contributed by atoms with Crippen LogP contribution in [0.4, 0.5) is 5.82 Å². The van der Waals surface area contributed by atoms with Crippen molar-refractivity contribution in [2.45, 2.75) is 0 Å². The maximum atomic E-state index is 11.5. The molecule has 7 nitrogen and oxygen atoms in total. The number of hydrogen-bond acceptors (Lipinski definition) is 3. The highest BCUT2D eigenvalue weighted by Gasteiger charge is 2.11. The van der Waals surface area contributed by atoms with Gasteiger partial charge in [0.05, 0.1) is 0 Å². The quantitative estimate of drug-likeness (QED) is 0.609. The monoisotopic (exact) mass is 220 g/mol. The van der Waals surface area contributed by atoms with Crippen molar-refractivity contribution >= 4 is 17.7 Å². The Morgan fingerprint density at radius 1 is 1.38 bits per heavy atom. The Labute approximate surface area is 89.5 Å². The van der Waals surface area contributed by atoms with Crippen LogP contribution < -0.4 is 5.32 Å². The first-order chi connectivity index (χ1) is 7.66. The van der Waals surface area contributed by atoms with Gasteiger partial charge in [0.2, 0.25) is 5.82 Å². The first-order valence-electron chi connectivity index (χ1n) is 4.40. The van der Waals surface area contributed by atoms with Crippen LogP contribution in [0.2, 0.25) is 0 Å². The predicted molar refractivity (Wildman–Crippen MR) is 54.3 cm³/mol. The Bertz CT molecular complexity index is 515. The van der Waals surface area contributed by atoms with E-state index in [1.54, 1.807) is 18.3 Å². The summed E-state index contributed by atoms with van der Waals surface area (Å²) in [7, 11) is 0. The molecule has 82 valence electrons. The van der Waals surface area contributed by atoms with Crippen LogP contribution in [-0.4, -0.2) is 31.9 Å². The second-order valence-electron chi connectivity index (χ2n) is 2.98.